The third-order valence-electron chi connectivity index (χ3n) is 4.51. The fourth-order valence-electron chi connectivity index (χ4n) is 3.23. The van der Waals surface area contributed by atoms with Crippen LogP contribution in [0.4, 0.5) is 5.69 Å². The second-order valence-corrected chi connectivity index (χ2v) is 6.61. The summed E-state index contributed by atoms with van der Waals surface area (Å²) in [6.45, 7) is 8.00. The van der Waals surface area contributed by atoms with Gasteiger partial charge in [-0.1, -0.05) is 18.2 Å². The molecular formula is C20H29N3O5. The lowest BCUT2D eigenvalue weighted by molar-refractivity contribution is -0.123. The zero-order valence-corrected chi connectivity index (χ0v) is 16.7. The number of methoxy groups -OCH3 is 1. The summed E-state index contributed by atoms with van der Waals surface area (Å²) in [7, 11) is 1.80. The molecule has 2 atom stereocenters. The summed E-state index contributed by atoms with van der Waals surface area (Å²) in [6.07, 6.45) is 0.217. The summed E-state index contributed by atoms with van der Waals surface area (Å²) in [5.74, 6) is 0. The summed E-state index contributed by atoms with van der Waals surface area (Å²) in [6, 6.07) is 11.3. The van der Waals surface area contributed by atoms with Gasteiger partial charge in [-0.2, -0.15) is 0 Å². The minimum absolute atomic E-state index is 0.217. The lowest BCUT2D eigenvalue weighted by Gasteiger charge is -2.21. The Labute approximate surface area is 165 Å². The van der Waals surface area contributed by atoms with Gasteiger partial charge < -0.3 is 20.3 Å². The van der Waals surface area contributed by atoms with Gasteiger partial charge in [-0.25, -0.2) is 0 Å². The second-order valence-electron chi connectivity index (χ2n) is 6.61. The minimum Gasteiger partial charge on any atom is -0.483 e. The zero-order chi connectivity index (χ0) is 21.1. The number of nitrogens with one attached hydrogen (secondary N) is 1. The van der Waals surface area contributed by atoms with E-state index in [-0.39, 0.29) is 19.0 Å². The maximum Gasteiger partial charge on any atom is 0.290 e. The molecule has 1 aliphatic heterocycles. The van der Waals surface area contributed by atoms with Gasteiger partial charge in [0, 0.05) is 43.0 Å². The summed E-state index contributed by atoms with van der Waals surface area (Å²) >= 11 is 0. The van der Waals surface area contributed by atoms with Gasteiger partial charge in [0.1, 0.15) is 0 Å². The number of rotatable bonds is 4. The van der Waals surface area contributed by atoms with E-state index in [9.17, 15) is 0 Å². The van der Waals surface area contributed by atoms with Gasteiger partial charge in [-0.15, -0.1) is 0 Å². The van der Waals surface area contributed by atoms with Gasteiger partial charge in [0.25, 0.3) is 12.9 Å². The highest BCUT2D eigenvalue weighted by Gasteiger charge is 2.34. The molecule has 0 unspecified atom stereocenters. The molecule has 3 rings (SSSR count). The third kappa shape index (κ3) is 6.47. The molecule has 8 heteroatoms. The fraction of sp³-hybridized carbons (Fsp3) is 0.450. The summed E-state index contributed by atoms with van der Waals surface area (Å²) in [5, 5.41) is 18.7. The van der Waals surface area contributed by atoms with Crippen molar-refractivity contribution in [1.82, 2.24) is 9.88 Å². The Morgan fingerprint density at radius 1 is 1.21 bits per heavy atom. The Kier molecular flexibility index (Phi) is 9.91. The van der Waals surface area contributed by atoms with E-state index < -0.39 is 0 Å². The molecule has 0 radical (unpaired) electrons. The third-order valence-corrected chi connectivity index (χ3v) is 4.51. The van der Waals surface area contributed by atoms with Crippen LogP contribution in [0.1, 0.15) is 19.5 Å². The van der Waals surface area contributed by atoms with Gasteiger partial charge in [-0.05, 0) is 32.9 Å². The fourth-order valence-corrected chi connectivity index (χ4v) is 3.23. The number of nitrogens with zero attached hydrogens (tertiary/aromatic N) is 2. The van der Waals surface area contributed by atoms with Crippen LogP contribution >= 0.6 is 0 Å². The van der Waals surface area contributed by atoms with Crippen LogP contribution in [0.2, 0.25) is 0 Å². The standard InChI is InChI=1S/C18H25N3O.2CH2O2/c1-12(2)21-10-17(18(11-21)22-4)20-16-9-13(3)19-15-8-6-5-7-14(15)16;2*2-1-3/h5-9,12,17-18H,10-11H2,1-4H3,(H,19,20);2*1H,(H,2,3)/t17-,18-;;/m0../s1. The van der Waals surface area contributed by atoms with Crippen molar-refractivity contribution < 1.29 is 24.5 Å². The molecule has 0 saturated carbocycles. The van der Waals surface area contributed by atoms with Gasteiger partial charge in [0.2, 0.25) is 0 Å². The van der Waals surface area contributed by atoms with E-state index >= 15 is 0 Å². The summed E-state index contributed by atoms with van der Waals surface area (Å²) in [4.78, 5) is 23.8. The predicted octanol–water partition coefficient (Wildman–Crippen LogP) is 2.46. The number of pyridine rings is 1. The minimum atomic E-state index is -0.250. The van der Waals surface area contributed by atoms with E-state index in [1.54, 1.807) is 7.11 Å². The van der Waals surface area contributed by atoms with Crippen molar-refractivity contribution in [1.29, 1.82) is 0 Å². The Balaban J connectivity index is 0.000000582. The van der Waals surface area contributed by atoms with Crippen LogP contribution in [0.25, 0.3) is 10.9 Å². The number of likely N-dealkylation sites (tertiary alicyclic amines) is 1. The van der Waals surface area contributed by atoms with Crippen molar-refractivity contribution >= 4 is 29.5 Å². The molecule has 2 aromatic rings. The maximum absolute atomic E-state index is 8.36. The molecule has 8 nitrogen and oxygen atoms in total. The number of aromatic nitrogens is 1. The van der Waals surface area contributed by atoms with E-state index in [0.29, 0.717) is 12.1 Å². The number of benzene rings is 1. The predicted molar refractivity (Wildman–Crippen MR) is 109 cm³/mol. The Bertz CT molecular complexity index is 748. The molecule has 3 N–H and O–H groups in total. The lowest BCUT2D eigenvalue weighted by atomic mass is 10.1. The van der Waals surface area contributed by atoms with Crippen molar-refractivity contribution in [2.75, 3.05) is 25.5 Å². The number of hydrogen-bond acceptors (Lipinski definition) is 6. The molecule has 1 aromatic heterocycles. The largest absolute Gasteiger partial charge is 0.483 e. The number of hydrogen-bond donors (Lipinski definition) is 3. The molecule has 1 aromatic carbocycles. The number of fused-ring (bicyclic) bond motifs is 1. The van der Waals surface area contributed by atoms with Gasteiger partial charge >= 0.3 is 0 Å². The van der Waals surface area contributed by atoms with Gasteiger partial charge in [0.15, 0.2) is 0 Å². The molecule has 0 bridgehead atoms. The first-order valence-electron chi connectivity index (χ1n) is 8.97. The molecule has 0 spiro atoms. The number of carboxylic acid groups (broad SMARTS) is 2. The highest BCUT2D eigenvalue weighted by molar-refractivity contribution is 5.91. The first-order chi connectivity index (χ1) is 13.4. The first-order valence-corrected chi connectivity index (χ1v) is 8.97. The van der Waals surface area contributed by atoms with E-state index in [1.807, 2.05) is 13.0 Å². The Hall–Kier alpha value is -2.71. The Morgan fingerprint density at radius 2 is 1.82 bits per heavy atom. The topological polar surface area (TPSA) is 112 Å². The number of ether oxygens (including phenoxy) is 1. The van der Waals surface area contributed by atoms with E-state index in [0.717, 1.165) is 30.0 Å². The number of aryl methyl sites for hydroxylation is 1. The zero-order valence-electron chi connectivity index (χ0n) is 16.7. The lowest BCUT2D eigenvalue weighted by Crippen LogP contribution is -2.34. The van der Waals surface area contributed by atoms with Crippen LogP contribution in [0, 0.1) is 6.92 Å². The van der Waals surface area contributed by atoms with Crippen molar-refractivity contribution in [3.63, 3.8) is 0 Å². The van der Waals surface area contributed by atoms with Crippen molar-refractivity contribution in [3.8, 4) is 0 Å². The molecule has 0 aliphatic carbocycles. The highest BCUT2D eigenvalue weighted by atomic mass is 16.5. The van der Waals surface area contributed by atoms with E-state index in [2.05, 4.69) is 53.3 Å². The SMILES string of the molecule is CO[C@H]1CN(C(C)C)C[C@@H]1Nc1cc(C)nc2ccccc12.O=CO.O=CO. The van der Waals surface area contributed by atoms with Crippen LogP contribution in [0.5, 0.6) is 0 Å². The van der Waals surface area contributed by atoms with Crippen molar-refractivity contribution in [2.24, 2.45) is 0 Å². The molecular weight excluding hydrogens is 362 g/mol. The van der Waals surface area contributed by atoms with Crippen molar-refractivity contribution in [3.05, 3.63) is 36.0 Å². The van der Waals surface area contributed by atoms with Crippen LogP contribution in [0.15, 0.2) is 30.3 Å². The molecule has 28 heavy (non-hydrogen) atoms. The van der Waals surface area contributed by atoms with Crippen molar-refractivity contribution in [2.45, 2.75) is 39.0 Å². The molecule has 1 saturated heterocycles. The number of para-hydroxylation sites is 1. The Morgan fingerprint density at radius 3 is 2.39 bits per heavy atom. The smallest absolute Gasteiger partial charge is 0.290 e. The second kappa shape index (κ2) is 11.9. The highest BCUT2D eigenvalue weighted by Crippen LogP contribution is 2.26. The maximum atomic E-state index is 8.36. The van der Waals surface area contributed by atoms with Crippen LogP contribution in [-0.2, 0) is 14.3 Å². The number of carbonyl (C=O) groups is 2. The monoisotopic (exact) mass is 391 g/mol. The summed E-state index contributed by atoms with van der Waals surface area (Å²) < 4.78 is 5.70. The molecule has 1 fully saturated rings. The van der Waals surface area contributed by atoms with E-state index in [1.165, 1.54) is 5.39 Å². The molecule has 1 aliphatic rings. The van der Waals surface area contributed by atoms with Crippen LogP contribution in [0.3, 0.4) is 0 Å². The average Bonchev–Trinajstić information content (AvgIpc) is 3.06. The molecule has 154 valence electrons. The van der Waals surface area contributed by atoms with Crippen LogP contribution in [-0.4, -0.2) is 71.4 Å². The van der Waals surface area contributed by atoms with E-state index in [4.69, 9.17) is 24.5 Å². The molecule has 0 amide bonds. The average molecular weight is 391 g/mol. The summed E-state index contributed by atoms with van der Waals surface area (Å²) in [5.41, 5.74) is 3.23. The molecule has 2 heterocycles. The van der Waals surface area contributed by atoms with Gasteiger partial charge in [-0.3, -0.25) is 19.5 Å². The quantitative estimate of drug-likeness (QED) is 0.682. The number of anilines is 1. The normalized spacial score (nSPS) is 18.6. The van der Waals surface area contributed by atoms with Crippen LogP contribution < -0.4 is 5.32 Å². The first kappa shape index (κ1) is 23.3. The van der Waals surface area contributed by atoms with Gasteiger partial charge in [0.05, 0.1) is 17.7 Å².